The fourth-order valence-corrected chi connectivity index (χ4v) is 4.16. The quantitative estimate of drug-likeness (QED) is 0.893. The second kappa shape index (κ2) is 8.00. The van der Waals surface area contributed by atoms with Gasteiger partial charge in [-0.25, -0.2) is 4.79 Å². The van der Waals surface area contributed by atoms with E-state index in [1.165, 1.54) is 5.56 Å². The average Bonchev–Trinajstić information content (AvgIpc) is 3.05. The van der Waals surface area contributed by atoms with Gasteiger partial charge in [0.25, 0.3) is 5.91 Å². The number of benzene rings is 1. The summed E-state index contributed by atoms with van der Waals surface area (Å²) in [5.74, 6) is 0.357. The minimum atomic E-state index is -0.0338. The van der Waals surface area contributed by atoms with Gasteiger partial charge in [-0.2, -0.15) is 0 Å². The van der Waals surface area contributed by atoms with Crippen LogP contribution in [-0.2, 0) is 6.54 Å². The maximum atomic E-state index is 12.9. The Labute approximate surface area is 165 Å². The molecule has 5 rings (SSSR count). The number of aryl methyl sites for hydroxylation is 1. The van der Waals surface area contributed by atoms with Crippen molar-refractivity contribution in [3.8, 4) is 0 Å². The molecule has 0 unspecified atom stereocenters. The van der Waals surface area contributed by atoms with E-state index < -0.39 is 0 Å². The van der Waals surface area contributed by atoms with Crippen molar-refractivity contribution in [2.45, 2.75) is 32.4 Å². The van der Waals surface area contributed by atoms with Gasteiger partial charge >= 0.3 is 6.03 Å². The number of hydrogen-bond acceptors (Lipinski definition) is 3. The number of nitrogens with one attached hydrogen (secondary N) is 1. The average molecular weight is 378 g/mol. The first kappa shape index (κ1) is 18.5. The van der Waals surface area contributed by atoms with Crippen LogP contribution < -0.4 is 5.32 Å². The molecular weight excluding hydrogens is 352 g/mol. The first-order valence-corrected chi connectivity index (χ1v) is 9.89. The van der Waals surface area contributed by atoms with Crippen LogP contribution in [0, 0.1) is 12.8 Å². The van der Waals surface area contributed by atoms with Crippen LogP contribution in [0.4, 0.5) is 4.79 Å². The van der Waals surface area contributed by atoms with Crippen LogP contribution in [0.15, 0.2) is 48.8 Å². The van der Waals surface area contributed by atoms with Gasteiger partial charge < -0.3 is 15.1 Å². The lowest BCUT2D eigenvalue weighted by atomic mass is 9.95. The molecule has 6 nitrogen and oxygen atoms in total. The lowest BCUT2D eigenvalue weighted by Gasteiger charge is -2.36. The Morgan fingerprint density at radius 1 is 1.04 bits per heavy atom. The molecule has 3 aliphatic heterocycles. The third kappa shape index (κ3) is 4.01. The van der Waals surface area contributed by atoms with Crippen molar-refractivity contribution in [1.82, 2.24) is 20.1 Å². The molecule has 3 amide bonds. The molecule has 0 radical (unpaired) electrons. The fourth-order valence-electron chi connectivity index (χ4n) is 4.16. The molecule has 2 atom stereocenters. The number of hydrogen-bond donors (Lipinski definition) is 1. The lowest BCUT2D eigenvalue weighted by Crippen LogP contribution is -2.51. The van der Waals surface area contributed by atoms with Crippen molar-refractivity contribution in [1.29, 1.82) is 0 Å². The topological polar surface area (TPSA) is 65.5 Å². The zero-order chi connectivity index (χ0) is 19.5. The molecule has 28 heavy (non-hydrogen) atoms. The Kier molecular flexibility index (Phi) is 5.28. The number of fused-ring (bicyclic) bond motifs is 4. The van der Waals surface area contributed by atoms with Gasteiger partial charge in [0, 0.05) is 44.1 Å². The summed E-state index contributed by atoms with van der Waals surface area (Å²) in [6.07, 6.45) is 5.30. The number of rotatable bonds is 3. The van der Waals surface area contributed by atoms with Crippen molar-refractivity contribution in [2.75, 3.05) is 19.6 Å². The van der Waals surface area contributed by atoms with Gasteiger partial charge in [0.2, 0.25) is 0 Å². The van der Waals surface area contributed by atoms with E-state index in [0.29, 0.717) is 37.7 Å². The molecule has 1 aromatic heterocycles. The summed E-state index contributed by atoms with van der Waals surface area (Å²) in [7, 11) is 0. The van der Waals surface area contributed by atoms with Gasteiger partial charge in [0.1, 0.15) is 0 Å². The SMILES string of the molecule is Cc1ccc(CNC(=O)N2C[C@@H]3CC[C@H]2CN(C(=O)c2ccncc2)C3)cc1. The van der Waals surface area contributed by atoms with Crippen molar-refractivity contribution in [3.63, 3.8) is 0 Å². The number of carbonyl (C=O) groups is 2. The van der Waals surface area contributed by atoms with Gasteiger partial charge in [0.05, 0.1) is 6.04 Å². The summed E-state index contributed by atoms with van der Waals surface area (Å²) < 4.78 is 0. The second-order valence-corrected chi connectivity index (χ2v) is 7.84. The molecule has 0 saturated carbocycles. The van der Waals surface area contributed by atoms with E-state index in [0.717, 1.165) is 18.4 Å². The number of pyridine rings is 1. The summed E-state index contributed by atoms with van der Waals surface area (Å²) in [4.78, 5) is 33.5. The Balaban J connectivity index is 1.41. The maximum Gasteiger partial charge on any atom is 0.317 e. The number of amides is 3. The van der Waals surface area contributed by atoms with Gasteiger partial charge in [-0.15, -0.1) is 0 Å². The van der Waals surface area contributed by atoms with Crippen LogP contribution >= 0.6 is 0 Å². The molecule has 1 aromatic carbocycles. The molecule has 3 aliphatic rings. The molecule has 1 N–H and O–H groups in total. The van der Waals surface area contributed by atoms with Crippen molar-refractivity contribution in [3.05, 3.63) is 65.5 Å². The molecular formula is C22H26N4O2. The number of carbonyl (C=O) groups excluding carboxylic acids is 2. The van der Waals surface area contributed by atoms with Crippen molar-refractivity contribution >= 4 is 11.9 Å². The molecule has 2 bridgehead atoms. The van der Waals surface area contributed by atoms with Crippen LogP contribution in [0.3, 0.4) is 0 Å². The molecule has 0 spiro atoms. The summed E-state index contributed by atoms with van der Waals surface area (Å²) in [5, 5.41) is 3.05. The van der Waals surface area contributed by atoms with E-state index in [1.807, 2.05) is 21.9 Å². The first-order valence-electron chi connectivity index (χ1n) is 9.89. The summed E-state index contributed by atoms with van der Waals surface area (Å²) in [6, 6.07) is 11.7. The third-order valence-electron chi connectivity index (χ3n) is 5.75. The number of nitrogens with zero attached hydrogens (tertiary/aromatic N) is 3. The smallest absolute Gasteiger partial charge is 0.317 e. The Hall–Kier alpha value is -2.89. The summed E-state index contributed by atoms with van der Waals surface area (Å²) in [6.45, 7) is 4.58. The van der Waals surface area contributed by atoms with Crippen molar-refractivity contribution < 1.29 is 9.59 Å². The predicted molar refractivity (Wildman–Crippen MR) is 107 cm³/mol. The highest BCUT2D eigenvalue weighted by molar-refractivity contribution is 5.94. The van der Waals surface area contributed by atoms with Crippen LogP contribution in [0.1, 0.15) is 34.3 Å². The Morgan fingerprint density at radius 3 is 2.54 bits per heavy atom. The van der Waals surface area contributed by atoms with Gasteiger partial charge in [0.15, 0.2) is 0 Å². The highest BCUT2D eigenvalue weighted by Crippen LogP contribution is 2.28. The van der Waals surface area contributed by atoms with Gasteiger partial charge in [-0.05, 0) is 43.4 Å². The fraction of sp³-hybridized carbons (Fsp3) is 0.409. The molecule has 2 aromatic rings. The minimum Gasteiger partial charge on any atom is -0.336 e. The molecule has 3 fully saturated rings. The number of aromatic nitrogens is 1. The van der Waals surface area contributed by atoms with Gasteiger partial charge in [-0.1, -0.05) is 29.8 Å². The molecule has 4 heterocycles. The standard InChI is InChI=1S/C22H26N4O2/c1-16-2-4-17(5-3-16)12-24-22(28)26-14-18-6-7-20(26)15-25(13-18)21(27)19-8-10-23-11-9-19/h2-5,8-11,18,20H,6-7,12-15H2,1H3,(H,24,28)/t18-,20+/m1/s1. The van der Waals surface area contributed by atoms with E-state index in [1.54, 1.807) is 24.5 Å². The molecule has 146 valence electrons. The minimum absolute atomic E-state index is 0.0289. The van der Waals surface area contributed by atoms with Crippen LogP contribution in [-0.4, -0.2) is 52.4 Å². The van der Waals surface area contributed by atoms with E-state index >= 15 is 0 Å². The van der Waals surface area contributed by atoms with Crippen LogP contribution in [0.25, 0.3) is 0 Å². The van der Waals surface area contributed by atoms with E-state index in [4.69, 9.17) is 0 Å². The predicted octanol–water partition coefficient (Wildman–Crippen LogP) is 2.84. The van der Waals surface area contributed by atoms with E-state index in [2.05, 4.69) is 29.4 Å². The lowest BCUT2D eigenvalue weighted by molar-refractivity contribution is 0.0741. The number of piperidine rings is 1. The van der Waals surface area contributed by atoms with Gasteiger partial charge in [-0.3, -0.25) is 9.78 Å². The first-order chi connectivity index (χ1) is 13.6. The van der Waals surface area contributed by atoms with E-state index in [9.17, 15) is 9.59 Å². The van der Waals surface area contributed by atoms with Crippen molar-refractivity contribution in [2.24, 2.45) is 5.92 Å². The maximum absolute atomic E-state index is 12.9. The second-order valence-electron chi connectivity index (χ2n) is 7.84. The zero-order valence-electron chi connectivity index (χ0n) is 16.2. The van der Waals surface area contributed by atoms with Crippen LogP contribution in [0.5, 0.6) is 0 Å². The molecule has 0 aliphatic carbocycles. The highest BCUT2D eigenvalue weighted by atomic mass is 16.2. The number of urea groups is 1. The highest BCUT2D eigenvalue weighted by Gasteiger charge is 2.38. The largest absolute Gasteiger partial charge is 0.336 e. The Morgan fingerprint density at radius 2 is 1.79 bits per heavy atom. The summed E-state index contributed by atoms with van der Waals surface area (Å²) >= 11 is 0. The monoisotopic (exact) mass is 378 g/mol. The molecule has 6 heteroatoms. The van der Waals surface area contributed by atoms with Crippen LogP contribution in [0.2, 0.25) is 0 Å². The zero-order valence-corrected chi connectivity index (χ0v) is 16.2. The Bertz CT molecular complexity index is 837. The summed E-state index contributed by atoms with van der Waals surface area (Å²) in [5.41, 5.74) is 2.96. The van der Waals surface area contributed by atoms with E-state index in [-0.39, 0.29) is 18.0 Å². The normalized spacial score (nSPS) is 21.3. The molecule has 3 saturated heterocycles. The third-order valence-corrected chi connectivity index (χ3v) is 5.75.